The largest absolute Gasteiger partial charge is 0.508 e. The molecule has 0 saturated carbocycles. The third-order valence-corrected chi connectivity index (χ3v) is 9.65. The summed E-state index contributed by atoms with van der Waals surface area (Å²) in [5.41, 5.74) is 5.54. The smallest absolute Gasteiger partial charge is 0.319 e. The monoisotopic (exact) mass is 540 g/mol. The van der Waals surface area contributed by atoms with E-state index in [-0.39, 0.29) is 11.3 Å². The lowest BCUT2D eigenvalue weighted by Crippen LogP contribution is -2.51. The standard InChI is InChI=1S/C32H40N6O2/c1-4-21-7-10-24(39)15-25(21)28-27(20(2)3)29-26(16-33-28)30(37-17-22-8-9-23(18-37)34-22)36-31(35-29)40-19-32-11-5-13-38(32)14-6-12-32/h7,10,15-16,22-23,34,39H,2,4-6,8-9,11-14,17-19H2,1,3H3. The van der Waals surface area contributed by atoms with Crippen LogP contribution in [0.5, 0.6) is 11.8 Å². The number of pyridine rings is 1. The van der Waals surface area contributed by atoms with Gasteiger partial charge in [-0.25, -0.2) is 0 Å². The van der Waals surface area contributed by atoms with E-state index in [1.807, 2.05) is 19.2 Å². The molecule has 0 amide bonds. The molecule has 8 heteroatoms. The Balaban J connectivity index is 1.38. The molecule has 0 aliphatic carbocycles. The average molecular weight is 541 g/mol. The molecule has 0 spiro atoms. The lowest BCUT2D eigenvalue weighted by atomic mass is 9.94. The highest BCUT2D eigenvalue weighted by Crippen LogP contribution is 2.41. The van der Waals surface area contributed by atoms with Gasteiger partial charge in [-0.05, 0) is 88.2 Å². The average Bonchev–Trinajstić information content (AvgIpc) is 3.64. The first-order valence-corrected chi connectivity index (χ1v) is 15.0. The van der Waals surface area contributed by atoms with Crippen LogP contribution in [0.15, 0.2) is 31.0 Å². The van der Waals surface area contributed by atoms with Gasteiger partial charge in [0.2, 0.25) is 0 Å². The molecule has 4 fully saturated rings. The molecule has 6 heterocycles. The molecular weight excluding hydrogens is 500 g/mol. The van der Waals surface area contributed by atoms with Gasteiger partial charge in [-0.1, -0.05) is 19.6 Å². The molecule has 40 heavy (non-hydrogen) atoms. The number of hydrogen-bond acceptors (Lipinski definition) is 8. The maximum atomic E-state index is 10.4. The number of hydrogen-bond donors (Lipinski definition) is 2. The predicted octanol–water partition coefficient (Wildman–Crippen LogP) is 4.94. The number of piperazine rings is 1. The minimum atomic E-state index is 0.116. The van der Waals surface area contributed by atoms with Gasteiger partial charge in [-0.3, -0.25) is 9.88 Å². The Labute approximate surface area is 236 Å². The summed E-state index contributed by atoms with van der Waals surface area (Å²) < 4.78 is 6.55. The number of fused-ring (bicyclic) bond motifs is 4. The molecule has 8 nitrogen and oxygen atoms in total. The van der Waals surface area contributed by atoms with Gasteiger partial charge in [0.15, 0.2) is 0 Å². The van der Waals surface area contributed by atoms with Crippen LogP contribution in [0.1, 0.15) is 63.5 Å². The fourth-order valence-corrected chi connectivity index (χ4v) is 7.69. The summed E-state index contributed by atoms with van der Waals surface area (Å²) in [7, 11) is 0. The number of aryl methyl sites for hydroxylation is 1. The Kier molecular flexibility index (Phi) is 6.43. The quantitative estimate of drug-likeness (QED) is 0.436. The van der Waals surface area contributed by atoms with Crippen molar-refractivity contribution in [3.63, 3.8) is 0 Å². The molecule has 2 bridgehead atoms. The Bertz CT molecular complexity index is 1450. The second-order valence-corrected chi connectivity index (χ2v) is 12.3. The fraction of sp³-hybridized carbons (Fsp3) is 0.531. The molecule has 210 valence electrons. The zero-order chi connectivity index (χ0) is 27.4. The first-order chi connectivity index (χ1) is 19.4. The summed E-state index contributed by atoms with van der Waals surface area (Å²) in [4.78, 5) is 20.2. The number of nitrogens with one attached hydrogen (secondary N) is 1. The van der Waals surface area contributed by atoms with Gasteiger partial charge in [0.25, 0.3) is 0 Å². The number of ether oxygens (including phenoxy) is 1. The van der Waals surface area contributed by atoms with E-state index in [1.165, 1.54) is 38.5 Å². The molecule has 2 atom stereocenters. The molecule has 2 unspecified atom stereocenters. The third kappa shape index (κ3) is 4.32. The molecule has 2 N–H and O–H groups in total. The molecule has 7 rings (SSSR count). The van der Waals surface area contributed by atoms with Crippen molar-refractivity contribution in [3.05, 3.63) is 42.1 Å². The van der Waals surface area contributed by atoms with Crippen molar-refractivity contribution in [2.75, 3.05) is 37.7 Å². The number of allylic oxidation sites excluding steroid dienone is 1. The molecule has 0 radical (unpaired) electrons. The number of aromatic hydroxyl groups is 1. The van der Waals surface area contributed by atoms with E-state index in [9.17, 15) is 5.11 Å². The number of phenolic OH excluding ortho intramolecular Hbond substituents is 1. The van der Waals surface area contributed by atoms with Crippen molar-refractivity contribution >= 4 is 22.3 Å². The van der Waals surface area contributed by atoms with Gasteiger partial charge in [0.05, 0.1) is 22.1 Å². The van der Waals surface area contributed by atoms with Gasteiger partial charge >= 0.3 is 6.01 Å². The Morgan fingerprint density at radius 3 is 2.60 bits per heavy atom. The van der Waals surface area contributed by atoms with Crippen molar-refractivity contribution in [1.29, 1.82) is 0 Å². The molecule has 2 aromatic heterocycles. The van der Waals surface area contributed by atoms with E-state index >= 15 is 0 Å². The maximum absolute atomic E-state index is 10.4. The summed E-state index contributed by atoms with van der Waals surface area (Å²) in [6.45, 7) is 13.3. The number of phenols is 1. The highest BCUT2D eigenvalue weighted by atomic mass is 16.5. The van der Waals surface area contributed by atoms with Crippen molar-refractivity contribution in [2.45, 2.75) is 76.4 Å². The van der Waals surface area contributed by atoms with Crippen LogP contribution in [0.25, 0.3) is 27.7 Å². The van der Waals surface area contributed by atoms with Crippen LogP contribution in [0.3, 0.4) is 0 Å². The molecule has 4 aliphatic heterocycles. The molecular formula is C32H40N6O2. The number of aromatic nitrogens is 3. The topological polar surface area (TPSA) is 86.6 Å². The van der Waals surface area contributed by atoms with Crippen molar-refractivity contribution in [1.82, 2.24) is 25.2 Å². The van der Waals surface area contributed by atoms with E-state index < -0.39 is 0 Å². The Morgan fingerprint density at radius 1 is 1.15 bits per heavy atom. The van der Waals surface area contributed by atoms with Crippen molar-refractivity contribution in [2.24, 2.45) is 0 Å². The highest BCUT2D eigenvalue weighted by molar-refractivity contribution is 6.01. The van der Waals surface area contributed by atoms with E-state index in [0.29, 0.717) is 24.7 Å². The summed E-state index contributed by atoms with van der Waals surface area (Å²) in [5.74, 6) is 1.13. The molecule has 1 aromatic carbocycles. The summed E-state index contributed by atoms with van der Waals surface area (Å²) in [6, 6.07) is 6.91. The van der Waals surface area contributed by atoms with Crippen LogP contribution in [-0.2, 0) is 6.42 Å². The van der Waals surface area contributed by atoms with Crippen LogP contribution >= 0.6 is 0 Å². The summed E-state index contributed by atoms with van der Waals surface area (Å²) in [6.07, 6.45) is 9.96. The zero-order valence-electron chi connectivity index (χ0n) is 23.7. The first kappa shape index (κ1) is 25.7. The van der Waals surface area contributed by atoms with Gasteiger partial charge in [-0.2, -0.15) is 9.97 Å². The maximum Gasteiger partial charge on any atom is 0.319 e. The van der Waals surface area contributed by atoms with Gasteiger partial charge < -0.3 is 20.1 Å². The minimum Gasteiger partial charge on any atom is -0.508 e. The predicted molar refractivity (Wildman–Crippen MR) is 159 cm³/mol. The van der Waals surface area contributed by atoms with Gasteiger partial charge in [0.1, 0.15) is 18.2 Å². The number of anilines is 1. The second-order valence-electron chi connectivity index (χ2n) is 12.3. The first-order valence-electron chi connectivity index (χ1n) is 15.0. The number of nitrogens with zero attached hydrogens (tertiary/aromatic N) is 5. The normalized spacial score (nSPS) is 23.6. The SMILES string of the molecule is C=C(C)c1c(-c2cc(O)ccc2CC)ncc2c(N3CC4CCC(C3)N4)nc(OCC34CCCN3CCC4)nc12. The van der Waals surface area contributed by atoms with E-state index in [2.05, 4.69) is 28.6 Å². The molecule has 3 aromatic rings. The van der Waals surface area contributed by atoms with Crippen LogP contribution in [0.2, 0.25) is 0 Å². The lowest BCUT2D eigenvalue weighted by Gasteiger charge is -2.35. The zero-order valence-corrected chi connectivity index (χ0v) is 23.7. The van der Waals surface area contributed by atoms with Gasteiger partial charge in [0, 0.05) is 42.5 Å². The number of benzene rings is 1. The lowest BCUT2D eigenvalue weighted by molar-refractivity contribution is 0.108. The minimum absolute atomic E-state index is 0.116. The molecule has 4 aliphatic rings. The van der Waals surface area contributed by atoms with Crippen molar-refractivity contribution < 1.29 is 9.84 Å². The molecule has 4 saturated heterocycles. The van der Waals surface area contributed by atoms with E-state index in [1.54, 1.807) is 12.1 Å². The van der Waals surface area contributed by atoms with Crippen LogP contribution in [-0.4, -0.2) is 75.4 Å². The van der Waals surface area contributed by atoms with Gasteiger partial charge in [-0.15, -0.1) is 0 Å². The van der Waals surface area contributed by atoms with Crippen LogP contribution in [0, 0.1) is 0 Å². The van der Waals surface area contributed by atoms with Crippen LogP contribution in [0.4, 0.5) is 5.82 Å². The number of rotatable bonds is 7. The summed E-state index contributed by atoms with van der Waals surface area (Å²) >= 11 is 0. The van der Waals surface area contributed by atoms with E-state index in [4.69, 9.17) is 19.7 Å². The highest BCUT2D eigenvalue weighted by Gasteiger charge is 2.45. The Hall–Kier alpha value is -3.23. The third-order valence-electron chi connectivity index (χ3n) is 9.65. The second kappa shape index (κ2) is 10.00. The van der Waals surface area contributed by atoms with Crippen molar-refractivity contribution in [3.8, 4) is 23.0 Å². The fourth-order valence-electron chi connectivity index (χ4n) is 7.69. The summed E-state index contributed by atoms with van der Waals surface area (Å²) in [5, 5.41) is 15.1. The van der Waals surface area contributed by atoms with Crippen LogP contribution < -0.4 is 15.0 Å². The Morgan fingerprint density at radius 2 is 1.90 bits per heavy atom. The van der Waals surface area contributed by atoms with E-state index in [0.717, 1.165) is 77.3 Å².